The van der Waals surface area contributed by atoms with Gasteiger partial charge in [-0.05, 0) is 6.42 Å². The van der Waals surface area contributed by atoms with Crippen molar-refractivity contribution in [2.24, 2.45) is 0 Å². The van der Waals surface area contributed by atoms with Crippen molar-refractivity contribution in [1.82, 2.24) is 9.88 Å². The minimum absolute atomic E-state index is 0.0324. The van der Waals surface area contributed by atoms with Gasteiger partial charge in [0, 0.05) is 11.9 Å². The molecular weight excluding hydrogens is 228 g/mol. The Hall–Kier alpha value is -0.590. The molecule has 80 valence electrons. The number of halogens is 1. The summed E-state index contributed by atoms with van der Waals surface area (Å²) in [6, 6.07) is 1.60. The molecule has 0 aliphatic rings. The van der Waals surface area contributed by atoms with Crippen LogP contribution in [0.4, 0.5) is 0 Å². The van der Waals surface area contributed by atoms with Gasteiger partial charge in [0.1, 0.15) is 0 Å². The Morgan fingerprint density at radius 3 is 2.93 bits per heavy atom. The largest absolute Gasteiger partial charge is 0.360 e. The molecule has 14 heavy (non-hydrogen) atoms. The van der Waals surface area contributed by atoms with E-state index in [9.17, 15) is 8.42 Å². The van der Waals surface area contributed by atoms with Crippen molar-refractivity contribution < 1.29 is 12.9 Å². The van der Waals surface area contributed by atoms with Crippen LogP contribution in [0, 0.1) is 0 Å². The molecule has 1 aromatic rings. The number of sulfonamides is 1. The van der Waals surface area contributed by atoms with Crippen LogP contribution in [0.2, 0.25) is 0 Å². The molecular formula is C7H11ClN2O3S. The lowest BCUT2D eigenvalue weighted by Gasteiger charge is -2.02. The lowest BCUT2D eigenvalue weighted by molar-refractivity contribution is 0.380. The van der Waals surface area contributed by atoms with Gasteiger partial charge < -0.3 is 4.52 Å². The van der Waals surface area contributed by atoms with Crippen LogP contribution in [0.5, 0.6) is 0 Å². The first-order chi connectivity index (χ1) is 6.64. The van der Waals surface area contributed by atoms with Crippen molar-refractivity contribution >= 4 is 21.6 Å². The second-order valence-corrected chi connectivity index (χ2v) is 4.97. The number of nitrogens with zero attached hydrogens (tertiary/aromatic N) is 1. The summed E-state index contributed by atoms with van der Waals surface area (Å²) in [4.78, 5) is 0. The van der Waals surface area contributed by atoms with Crippen molar-refractivity contribution in [3.8, 4) is 0 Å². The third-order valence-electron chi connectivity index (χ3n) is 1.50. The van der Waals surface area contributed by atoms with Gasteiger partial charge >= 0.3 is 0 Å². The Labute approximate surface area is 87.5 Å². The van der Waals surface area contributed by atoms with Gasteiger partial charge in [-0.1, -0.05) is 5.16 Å². The first-order valence-electron chi connectivity index (χ1n) is 4.07. The monoisotopic (exact) mass is 238 g/mol. The van der Waals surface area contributed by atoms with Crippen LogP contribution in [0.25, 0.3) is 0 Å². The van der Waals surface area contributed by atoms with Crippen LogP contribution in [0.1, 0.15) is 12.2 Å². The van der Waals surface area contributed by atoms with E-state index < -0.39 is 10.0 Å². The minimum atomic E-state index is -3.24. The van der Waals surface area contributed by atoms with E-state index in [1.807, 2.05) is 0 Å². The van der Waals surface area contributed by atoms with Crippen molar-refractivity contribution in [3.05, 3.63) is 18.0 Å². The fraction of sp³-hybridized carbons (Fsp3) is 0.571. The summed E-state index contributed by atoms with van der Waals surface area (Å²) in [7, 11) is -3.24. The molecule has 7 heteroatoms. The second kappa shape index (κ2) is 5.33. The average molecular weight is 239 g/mol. The molecule has 0 aliphatic heterocycles. The molecule has 0 radical (unpaired) electrons. The zero-order valence-electron chi connectivity index (χ0n) is 7.44. The van der Waals surface area contributed by atoms with Gasteiger partial charge in [0.15, 0.2) is 5.76 Å². The molecule has 1 heterocycles. The Balaban J connectivity index is 2.37. The highest BCUT2D eigenvalue weighted by Crippen LogP contribution is 1.98. The van der Waals surface area contributed by atoms with Crippen LogP contribution < -0.4 is 4.72 Å². The molecule has 0 saturated carbocycles. The number of hydrogen-bond acceptors (Lipinski definition) is 4. The van der Waals surface area contributed by atoms with Crippen molar-refractivity contribution in [2.75, 3.05) is 11.6 Å². The first kappa shape index (κ1) is 11.5. The number of nitrogens with one attached hydrogen (secondary N) is 1. The maximum absolute atomic E-state index is 11.3. The smallest absolute Gasteiger partial charge is 0.212 e. The summed E-state index contributed by atoms with van der Waals surface area (Å²) in [5, 5.41) is 3.45. The standard InChI is InChI=1S/C7H11ClN2O3S/c8-3-1-5-14(11,12)10-6-7-2-4-9-13-7/h2,4,10H,1,3,5-6H2. The lowest BCUT2D eigenvalue weighted by atomic mass is 10.5. The van der Waals surface area contributed by atoms with E-state index >= 15 is 0 Å². The summed E-state index contributed by atoms with van der Waals surface area (Å²) in [6.45, 7) is 0.130. The van der Waals surface area contributed by atoms with Crippen LogP contribution in [0.15, 0.2) is 16.8 Å². The second-order valence-electron chi connectivity index (χ2n) is 2.66. The van der Waals surface area contributed by atoms with Gasteiger partial charge in [-0.15, -0.1) is 11.6 Å². The molecule has 0 bridgehead atoms. The molecule has 0 atom stereocenters. The fourth-order valence-electron chi connectivity index (χ4n) is 0.831. The van der Waals surface area contributed by atoms with E-state index in [2.05, 4.69) is 9.88 Å². The third kappa shape index (κ3) is 4.08. The SMILES string of the molecule is O=S(=O)(CCCCl)NCc1ccno1. The van der Waals surface area contributed by atoms with Crippen LogP contribution >= 0.6 is 11.6 Å². The van der Waals surface area contributed by atoms with Crippen molar-refractivity contribution in [3.63, 3.8) is 0 Å². The topological polar surface area (TPSA) is 72.2 Å². The lowest BCUT2D eigenvalue weighted by Crippen LogP contribution is -2.25. The number of alkyl halides is 1. The Bertz CT molecular complexity index is 349. The fourth-order valence-corrected chi connectivity index (χ4v) is 2.15. The molecule has 0 unspecified atom stereocenters. The maximum atomic E-state index is 11.3. The van der Waals surface area contributed by atoms with Gasteiger partial charge in [0.05, 0.1) is 18.5 Å². The summed E-state index contributed by atoms with van der Waals surface area (Å²) >= 11 is 5.39. The molecule has 0 spiro atoms. The Morgan fingerprint density at radius 2 is 2.36 bits per heavy atom. The molecule has 1 aromatic heterocycles. The number of hydrogen-bond donors (Lipinski definition) is 1. The molecule has 1 N–H and O–H groups in total. The maximum Gasteiger partial charge on any atom is 0.212 e. The Kier molecular flexibility index (Phi) is 4.37. The van der Waals surface area contributed by atoms with Crippen LogP contribution in [0.3, 0.4) is 0 Å². The average Bonchev–Trinajstić information content (AvgIpc) is 2.64. The van der Waals surface area contributed by atoms with Gasteiger partial charge in [0.25, 0.3) is 0 Å². The van der Waals surface area contributed by atoms with E-state index in [-0.39, 0.29) is 12.3 Å². The van der Waals surface area contributed by atoms with E-state index in [0.717, 1.165) is 0 Å². The number of aromatic nitrogens is 1. The summed E-state index contributed by atoms with van der Waals surface area (Å²) < 4.78 is 29.6. The summed E-state index contributed by atoms with van der Waals surface area (Å²) in [6.07, 6.45) is 1.90. The quantitative estimate of drug-likeness (QED) is 0.742. The van der Waals surface area contributed by atoms with Gasteiger partial charge in [0.2, 0.25) is 10.0 Å². The molecule has 1 rings (SSSR count). The van der Waals surface area contributed by atoms with Gasteiger partial charge in [-0.3, -0.25) is 0 Å². The third-order valence-corrected chi connectivity index (χ3v) is 3.18. The highest BCUT2D eigenvalue weighted by Gasteiger charge is 2.09. The van der Waals surface area contributed by atoms with E-state index in [1.54, 1.807) is 6.07 Å². The molecule has 0 fully saturated rings. The van der Waals surface area contributed by atoms with Gasteiger partial charge in [-0.25, -0.2) is 13.1 Å². The predicted octanol–water partition coefficient (Wildman–Crippen LogP) is 0.723. The number of rotatable bonds is 6. The zero-order valence-corrected chi connectivity index (χ0v) is 9.01. The Morgan fingerprint density at radius 1 is 1.57 bits per heavy atom. The van der Waals surface area contributed by atoms with Crippen LogP contribution in [-0.2, 0) is 16.6 Å². The highest BCUT2D eigenvalue weighted by atomic mass is 35.5. The zero-order chi connectivity index (χ0) is 10.4. The minimum Gasteiger partial charge on any atom is -0.360 e. The molecule has 0 aromatic carbocycles. The van der Waals surface area contributed by atoms with E-state index in [1.165, 1.54) is 6.20 Å². The van der Waals surface area contributed by atoms with Crippen LogP contribution in [-0.4, -0.2) is 25.2 Å². The normalized spacial score (nSPS) is 11.8. The molecule has 0 amide bonds. The van der Waals surface area contributed by atoms with Crippen molar-refractivity contribution in [2.45, 2.75) is 13.0 Å². The van der Waals surface area contributed by atoms with Gasteiger partial charge in [-0.2, -0.15) is 0 Å². The van der Waals surface area contributed by atoms with E-state index in [4.69, 9.17) is 16.1 Å². The molecule has 0 saturated heterocycles. The predicted molar refractivity (Wildman–Crippen MR) is 52.5 cm³/mol. The molecule has 0 aliphatic carbocycles. The van der Waals surface area contributed by atoms with Crippen molar-refractivity contribution in [1.29, 1.82) is 0 Å². The van der Waals surface area contributed by atoms with E-state index in [0.29, 0.717) is 18.1 Å². The highest BCUT2D eigenvalue weighted by molar-refractivity contribution is 7.89. The molecule has 5 nitrogen and oxygen atoms in total. The summed E-state index contributed by atoms with van der Waals surface area (Å²) in [5.74, 6) is 0.855. The summed E-state index contributed by atoms with van der Waals surface area (Å²) in [5.41, 5.74) is 0. The first-order valence-corrected chi connectivity index (χ1v) is 6.25.